The first-order chi connectivity index (χ1) is 8.83. The third-order valence-corrected chi connectivity index (χ3v) is 3.54. The van der Waals surface area contributed by atoms with E-state index in [-0.39, 0.29) is 0 Å². The maximum absolute atomic E-state index is 5.56. The van der Waals surface area contributed by atoms with Crippen LogP contribution >= 0.6 is 0 Å². The highest BCUT2D eigenvalue weighted by Gasteiger charge is 2.29. The zero-order valence-corrected chi connectivity index (χ0v) is 11.3. The first-order valence-corrected chi connectivity index (χ1v) is 6.78. The molecule has 0 atom stereocenters. The fourth-order valence-electron chi connectivity index (χ4n) is 2.42. The minimum absolute atomic E-state index is 0.613. The number of hydrogen-bond acceptors (Lipinski definition) is 3. The zero-order valence-electron chi connectivity index (χ0n) is 11.3. The van der Waals surface area contributed by atoms with Gasteiger partial charge in [-0.05, 0) is 43.0 Å². The molecule has 18 heavy (non-hydrogen) atoms. The van der Waals surface area contributed by atoms with Crippen LogP contribution in [0.2, 0.25) is 0 Å². The molecule has 1 aliphatic carbocycles. The molecule has 1 saturated carbocycles. The SMILES string of the molecule is CCNC1CC(c2ccc(OCCOC)cc2)C1. The van der Waals surface area contributed by atoms with Crippen LogP contribution in [-0.2, 0) is 4.74 Å². The average Bonchev–Trinajstić information content (AvgIpc) is 2.35. The van der Waals surface area contributed by atoms with Crippen LogP contribution in [0, 0.1) is 0 Å². The second-order valence-corrected chi connectivity index (χ2v) is 4.83. The molecule has 0 saturated heterocycles. The molecular weight excluding hydrogens is 226 g/mol. The van der Waals surface area contributed by atoms with Crippen LogP contribution in [0.15, 0.2) is 24.3 Å². The van der Waals surface area contributed by atoms with Gasteiger partial charge in [0.25, 0.3) is 0 Å². The summed E-state index contributed by atoms with van der Waals surface area (Å²) < 4.78 is 10.5. The molecule has 2 rings (SSSR count). The minimum atomic E-state index is 0.613. The van der Waals surface area contributed by atoms with Gasteiger partial charge in [-0.15, -0.1) is 0 Å². The van der Waals surface area contributed by atoms with E-state index in [1.807, 2.05) is 0 Å². The predicted molar refractivity (Wildman–Crippen MR) is 73.3 cm³/mol. The number of rotatable bonds is 7. The first kappa shape index (κ1) is 13.4. The number of ether oxygens (including phenoxy) is 2. The Labute approximate surface area is 109 Å². The van der Waals surface area contributed by atoms with E-state index in [4.69, 9.17) is 9.47 Å². The molecular formula is C15H23NO2. The third-order valence-electron chi connectivity index (χ3n) is 3.54. The van der Waals surface area contributed by atoms with Crippen LogP contribution in [0.5, 0.6) is 5.75 Å². The Morgan fingerprint density at radius 1 is 1.17 bits per heavy atom. The van der Waals surface area contributed by atoms with E-state index >= 15 is 0 Å². The number of hydrogen-bond donors (Lipinski definition) is 1. The predicted octanol–water partition coefficient (Wildman–Crippen LogP) is 2.57. The average molecular weight is 249 g/mol. The molecule has 0 heterocycles. The first-order valence-electron chi connectivity index (χ1n) is 6.78. The van der Waals surface area contributed by atoms with E-state index in [9.17, 15) is 0 Å². The standard InChI is InChI=1S/C15H23NO2/c1-3-16-14-10-13(11-14)12-4-6-15(7-5-12)18-9-8-17-2/h4-7,13-14,16H,3,8-11H2,1-2H3. The Hall–Kier alpha value is -1.06. The molecule has 1 aliphatic rings. The molecule has 0 amide bonds. The Kier molecular flexibility index (Phi) is 5.02. The van der Waals surface area contributed by atoms with Gasteiger partial charge in [-0.1, -0.05) is 19.1 Å². The number of methoxy groups -OCH3 is 1. The Balaban J connectivity index is 1.78. The van der Waals surface area contributed by atoms with Crippen molar-refractivity contribution in [3.05, 3.63) is 29.8 Å². The van der Waals surface area contributed by atoms with Crippen LogP contribution in [0.4, 0.5) is 0 Å². The summed E-state index contributed by atoms with van der Waals surface area (Å²) in [4.78, 5) is 0. The molecule has 0 aromatic heterocycles. The number of benzene rings is 1. The molecule has 3 heteroatoms. The van der Waals surface area contributed by atoms with Gasteiger partial charge in [-0.25, -0.2) is 0 Å². The van der Waals surface area contributed by atoms with Crippen molar-refractivity contribution in [3.8, 4) is 5.75 Å². The van der Waals surface area contributed by atoms with E-state index < -0.39 is 0 Å². The summed E-state index contributed by atoms with van der Waals surface area (Å²) in [5, 5.41) is 3.49. The highest BCUT2D eigenvalue weighted by molar-refractivity contribution is 5.31. The van der Waals surface area contributed by atoms with Gasteiger partial charge < -0.3 is 14.8 Å². The molecule has 1 aromatic rings. The highest BCUT2D eigenvalue weighted by atomic mass is 16.5. The second-order valence-electron chi connectivity index (χ2n) is 4.83. The summed E-state index contributed by atoms with van der Waals surface area (Å²) in [5.74, 6) is 1.65. The van der Waals surface area contributed by atoms with Gasteiger partial charge in [-0.3, -0.25) is 0 Å². The van der Waals surface area contributed by atoms with Crippen molar-refractivity contribution < 1.29 is 9.47 Å². The van der Waals surface area contributed by atoms with Crippen LogP contribution in [0.3, 0.4) is 0 Å². The van der Waals surface area contributed by atoms with Gasteiger partial charge in [0.2, 0.25) is 0 Å². The normalized spacial score (nSPS) is 22.6. The summed E-state index contributed by atoms with van der Waals surface area (Å²) in [6.07, 6.45) is 2.52. The van der Waals surface area contributed by atoms with Crippen LogP contribution < -0.4 is 10.1 Å². The summed E-state index contributed by atoms with van der Waals surface area (Å²) >= 11 is 0. The fraction of sp³-hybridized carbons (Fsp3) is 0.600. The monoisotopic (exact) mass is 249 g/mol. The van der Waals surface area contributed by atoms with Crippen LogP contribution in [-0.4, -0.2) is 32.9 Å². The van der Waals surface area contributed by atoms with Gasteiger partial charge in [0.05, 0.1) is 6.61 Å². The van der Waals surface area contributed by atoms with Crippen molar-refractivity contribution in [2.24, 2.45) is 0 Å². The topological polar surface area (TPSA) is 30.5 Å². The Morgan fingerprint density at radius 3 is 2.50 bits per heavy atom. The Morgan fingerprint density at radius 2 is 1.89 bits per heavy atom. The van der Waals surface area contributed by atoms with Crippen molar-refractivity contribution in [2.45, 2.75) is 31.7 Å². The van der Waals surface area contributed by atoms with Gasteiger partial charge in [-0.2, -0.15) is 0 Å². The summed E-state index contributed by atoms with van der Waals surface area (Å²) in [5.41, 5.74) is 1.43. The maximum Gasteiger partial charge on any atom is 0.119 e. The minimum Gasteiger partial charge on any atom is -0.491 e. The summed E-state index contributed by atoms with van der Waals surface area (Å²) in [7, 11) is 1.68. The molecule has 0 spiro atoms. The van der Waals surface area contributed by atoms with Crippen molar-refractivity contribution in [1.82, 2.24) is 5.32 Å². The lowest BCUT2D eigenvalue weighted by molar-refractivity contribution is 0.146. The van der Waals surface area contributed by atoms with Crippen molar-refractivity contribution >= 4 is 0 Å². The third kappa shape index (κ3) is 3.47. The molecule has 100 valence electrons. The number of nitrogens with one attached hydrogen (secondary N) is 1. The molecule has 1 N–H and O–H groups in total. The summed E-state index contributed by atoms with van der Waals surface area (Å²) in [6, 6.07) is 9.22. The molecule has 1 aromatic carbocycles. The largest absolute Gasteiger partial charge is 0.491 e. The van der Waals surface area contributed by atoms with E-state index in [0.29, 0.717) is 13.2 Å². The molecule has 3 nitrogen and oxygen atoms in total. The van der Waals surface area contributed by atoms with Gasteiger partial charge in [0, 0.05) is 13.2 Å². The molecule has 0 bridgehead atoms. The smallest absolute Gasteiger partial charge is 0.119 e. The van der Waals surface area contributed by atoms with Crippen LogP contribution in [0.1, 0.15) is 31.2 Å². The van der Waals surface area contributed by atoms with Crippen molar-refractivity contribution in [3.63, 3.8) is 0 Å². The molecule has 0 aliphatic heterocycles. The maximum atomic E-state index is 5.56. The lowest BCUT2D eigenvalue weighted by Gasteiger charge is -2.36. The highest BCUT2D eigenvalue weighted by Crippen LogP contribution is 2.37. The molecule has 1 fully saturated rings. The second kappa shape index (κ2) is 6.76. The van der Waals surface area contributed by atoms with Crippen molar-refractivity contribution in [1.29, 1.82) is 0 Å². The van der Waals surface area contributed by atoms with Crippen LogP contribution in [0.25, 0.3) is 0 Å². The van der Waals surface area contributed by atoms with Gasteiger partial charge >= 0.3 is 0 Å². The lowest BCUT2D eigenvalue weighted by Crippen LogP contribution is -2.39. The Bertz CT molecular complexity index is 344. The van der Waals surface area contributed by atoms with E-state index in [1.54, 1.807) is 7.11 Å². The van der Waals surface area contributed by atoms with E-state index in [1.165, 1.54) is 18.4 Å². The van der Waals surface area contributed by atoms with Gasteiger partial charge in [0.1, 0.15) is 12.4 Å². The lowest BCUT2D eigenvalue weighted by atomic mass is 9.76. The van der Waals surface area contributed by atoms with E-state index in [0.717, 1.165) is 24.3 Å². The van der Waals surface area contributed by atoms with E-state index in [2.05, 4.69) is 36.5 Å². The zero-order chi connectivity index (χ0) is 12.8. The fourth-order valence-corrected chi connectivity index (χ4v) is 2.42. The van der Waals surface area contributed by atoms with Gasteiger partial charge in [0.15, 0.2) is 0 Å². The molecule has 0 radical (unpaired) electrons. The summed E-state index contributed by atoms with van der Waals surface area (Å²) in [6.45, 7) is 4.49. The molecule has 0 unspecified atom stereocenters. The van der Waals surface area contributed by atoms with Crippen molar-refractivity contribution in [2.75, 3.05) is 26.9 Å². The quantitative estimate of drug-likeness (QED) is 0.753.